The van der Waals surface area contributed by atoms with E-state index in [1.54, 1.807) is 0 Å². The topological polar surface area (TPSA) is 300 Å². The highest BCUT2D eigenvalue weighted by Crippen LogP contribution is 2.42. The summed E-state index contributed by atoms with van der Waals surface area (Å²) in [5.74, 6) is -1.49. The fourth-order valence-corrected chi connectivity index (χ4v) is 4.79. The number of rotatable bonds is 10. The summed E-state index contributed by atoms with van der Waals surface area (Å²) in [4.78, 5) is 59.6. The van der Waals surface area contributed by atoms with Gasteiger partial charge in [-0.3, -0.25) is 18.6 Å². The van der Waals surface area contributed by atoms with E-state index in [9.17, 15) is 39.1 Å². The lowest BCUT2D eigenvalue weighted by Gasteiger charge is -2.45. The van der Waals surface area contributed by atoms with E-state index in [-0.39, 0.29) is 0 Å². The summed E-state index contributed by atoms with van der Waals surface area (Å²) in [7, 11) is -10.4. The van der Waals surface area contributed by atoms with Gasteiger partial charge in [0.25, 0.3) is 0 Å². The largest absolute Gasteiger partial charge is 0.472 e. The van der Waals surface area contributed by atoms with E-state index >= 15 is 0 Å². The number of nitrogens with one attached hydrogen (secondary N) is 2. The number of aliphatic hydroxyl groups is 4. The lowest BCUT2D eigenvalue weighted by atomic mass is 9.96. The molecule has 0 aromatic heterocycles. The molecule has 0 unspecified atom stereocenters. The van der Waals surface area contributed by atoms with Crippen LogP contribution in [-0.2, 0) is 42.0 Å². The fraction of sp³-hybridized carbons (Fsp3) is 0.875. The van der Waals surface area contributed by atoms with Gasteiger partial charge in [0, 0.05) is 13.8 Å². The molecule has 0 aliphatic carbocycles. The summed E-state index contributed by atoms with van der Waals surface area (Å²) in [6, 6.07) is -3.16. The van der Waals surface area contributed by atoms with Crippen molar-refractivity contribution in [3.8, 4) is 0 Å². The van der Waals surface area contributed by atoms with E-state index in [1.165, 1.54) is 0 Å². The lowest BCUT2D eigenvalue weighted by Crippen LogP contribution is -2.66. The maximum absolute atomic E-state index is 11.6. The molecule has 216 valence electrons. The van der Waals surface area contributed by atoms with Gasteiger partial charge in [-0.15, -0.1) is 0 Å². The SMILES string of the molecule is CC(=O)N[C@H]1[C@H](OC[C@H]2O[C@H](OP(=O)(O)O)[C@H](NC(C)=O)[C@@H](O)[C@@H]2O)O[C@H](CO)[C@@H](OP(=O)(O)O)[C@@H]1O. The quantitative estimate of drug-likeness (QED) is 0.108. The zero-order chi connectivity index (χ0) is 28.3. The molecule has 0 aromatic rings. The van der Waals surface area contributed by atoms with E-state index in [0.29, 0.717) is 0 Å². The minimum Gasteiger partial charge on any atom is -0.394 e. The van der Waals surface area contributed by atoms with Gasteiger partial charge in [-0.2, -0.15) is 0 Å². The molecule has 0 spiro atoms. The summed E-state index contributed by atoms with van der Waals surface area (Å²) < 4.78 is 47.7. The van der Waals surface area contributed by atoms with Crippen molar-refractivity contribution in [1.82, 2.24) is 10.6 Å². The third-order valence-corrected chi connectivity index (χ3v) is 6.22. The number of carbonyl (C=O) groups excluding carboxylic acids is 2. The predicted molar refractivity (Wildman–Crippen MR) is 114 cm³/mol. The van der Waals surface area contributed by atoms with Gasteiger partial charge in [0.05, 0.1) is 13.2 Å². The molecule has 2 amide bonds. The molecule has 10 atom stereocenters. The highest BCUT2D eigenvalue weighted by Gasteiger charge is 2.51. The first kappa shape index (κ1) is 32.1. The number of amides is 2. The number of hydrogen-bond donors (Lipinski definition) is 10. The summed E-state index contributed by atoms with van der Waals surface area (Å²) in [6.45, 7) is 0.392. The number of aliphatic hydroxyl groups excluding tert-OH is 4. The summed E-state index contributed by atoms with van der Waals surface area (Å²) in [5, 5.41) is 45.4. The Morgan fingerprint density at radius 3 is 1.73 bits per heavy atom. The van der Waals surface area contributed by atoms with Crippen molar-refractivity contribution >= 4 is 27.5 Å². The highest BCUT2D eigenvalue weighted by atomic mass is 31.2. The molecule has 0 bridgehead atoms. The number of carbonyl (C=O) groups is 2. The van der Waals surface area contributed by atoms with Gasteiger partial charge < -0.3 is 64.8 Å². The number of ether oxygens (including phenoxy) is 3. The highest BCUT2D eigenvalue weighted by molar-refractivity contribution is 7.46. The molecule has 2 heterocycles. The number of phosphoric ester groups is 2. The second kappa shape index (κ2) is 12.8. The van der Waals surface area contributed by atoms with Crippen LogP contribution in [0.1, 0.15) is 13.8 Å². The van der Waals surface area contributed by atoms with Crippen LogP contribution in [0.2, 0.25) is 0 Å². The lowest BCUT2D eigenvalue weighted by molar-refractivity contribution is -0.294. The Morgan fingerprint density at radius 1 is 0.784 bits per heavy atom. The monoisotopic (exact) mass is 584 g/mol. The molecule has 2 saturated heterocycles. The van der Waals surface area contributed by atoms with Crippen molar-refractivity contribution in [2.75, 3.05) is 13.2 Å². The van der Waals surface area contributed by atoms with Crippen LogP contribution in [0, 0.1) is 0 Å². The van der Waals surface area contributed by atoms with Gasteiger partial charge in [0.2, 0.25) is 11.8 Å². The second-order valence-corrected chi connectivity index (χ2v) is 10.6. The van der Waals surface area contributed by atoms with Crippen LogP contribution in [0.5, 0.6) is 0 Å². The molecule has 10 N–H and O–H groups in total. The van der Waals surface area contributed by atoms with Crippen LogP contribution in [0.3, 0.4) is 0 Å². The van der Waals surface area contributed by atoms with Gasteiger partial charge in [0.1, 0.15) is 48.7 Å². The Morgan fingerprint density at radius 2 is 1.27 bits per heavy atom. The number of hydrogen-bond acceptors (Lipinski definition) is 13. The van der Waals surface area contributed by atoms with Gasteiger partial charge >= 0.3 is 15.6 Å². The molecule has 0 radical (unpaired) electrons. The first-order chi connectivity index (χ1) is 16.9. The van der Waals surface area contributed by atoms with Gasteiger partial charge in [0.15, 0.2) is 12.6 Å². The third-order valence-electron chi connectivity index (χ3n) is 5.22. The van der Waals surface area contributed by atoms with Crippen LogP contribution in [-0.4, -0.2) is 126 Å². The Bertz CT molecular complexity index is 897. The van der Waals surface area contributed by atoms with Crippen LogP contribution in [0.25, 0.3) is 0 Å². The molecule has 37 heavy (non-hydrogen) atoms. The summed E-state index contributed by atoms with van der Waals surface area (Å²) >= 11 is 0. The minimum atomic E-state index is -5.22. The molecule has 2 fully saturated rings. The standard InChI is InChI=1S/C16H30N2O17P2/c1-5(20)17-9-12(23)11(22)8(33-16(9)35-37(28,29)30)4-31-15-10(18-6(2)21)13(24)14(7(3-19)32-15)34-36(25,26)27/h7-16,19,22-24H,3-4H2,1-2H3,(H,17,20)(H,18,21)(H2,25,26,27)(H2,28,29,30)/t7-,8-,9-,10-,11-,12-,13-,14-,15-,16-/m1/s1. The van der Waals surface area contributed by atoms with Gasteiger partial charge in [-0.1, -0.05) is 0 Å². The Labute approximate surface area is 209 Å². The van der Waals surface area contributed by atoms with Gasteiger partial charge in [-0.25, -0.2) is 9.13 Å². The third kappa shape index (κ3) is 9.24. The van der Waals surface area contributed by atoms with Crippen molar-refractivity contribution in [1.29, 1.82) is 0 Å². The van der Waals surface area contributed by atoms with Crippen LogP contribution in [0.4, 0.5) is 0 Å². The van der Waals surface area contributed by atoms with Crippen LogP contribution in [0.15, 0.2) is 0 Å². The van der Waals surface area contributed by atoms with E-state index in [0.717, 1.165) is 13.8 Å². The molecule has 2 rings (SSSR count). The molecule has 19 nitrogen and oxygen atoms in total. The van der Waals surface area contributed by atoms with Crippen LogP contribution >= 0.6 is 15.6 Å². The maximum atomic E-state index is 11.6. The second-order valence-electron chi connectivity index (χ2n) is 8.18. The molecule has 2 aliphatic rings. The van der Waals surface area contributed by atoms with Crippen molar-refractivity contribution in [3.05, 3.63) is 0 Å². The summed E-state index contributed by atoms with van der Waals surface area (Å²) in [6.07, 6.45) is -14.2. The molecule has 2 aliphatic heterocycles. The maximum Gasteiger partial charge on any atom is 0.472 e. The first-order valence-electron chi connectivity index (χ1n) is 10.5. The zero-order valence-corrected chi connectivity index (χ0v) is 21.1. The Balaban J connectivity index is 2.23. The number of phosphoric acid groups is 2. The Hall–Kier alpha value is -1.12. The molecule has 0 saturated carbocycles. The van der Waals surface area contributed by atoms with Crippen molar-refractivity contribution in [2.24, 2.45) is 0 Å². The zero-order valence-electron chi connectivity index (χ0n) is 19.3. The average Bonchev–Trinajstić information content (AvgIpc) is 2.74. The Kier molecular flexibility index (Phi) is 11.1. The first-order valence-corrected chi connectivity index (χ1v) is 13.6. The van der Waals surface area contributed by atoms with Crippen LogP contribution < -0.4 is 10.6 Å². The van der Waals surface area contributed by atoms with E-state index in [4.69, 9.17) is 33.8 Å². The van der Waals surface area contributed by atoms with E-state index in [2.05, 4.69) is 19.7 Å². The minimum absolute atomic E-state index is 0.740. The summed E-state index contributed by atoms with van der Waals surface area (Å²) in [5.41, 5.74) is 0. The molecular formula is C16H30N2O17P2. The van der Waals surface area contributed by atoms with Crippen molar-refractivity contribution in [2.45, 2.75) is 75.1 Å². The smallest absolute Gasteiger partial charge is 0.394 e. The fourth-order valence-electron chi connectivity index (χ4n) is 3.76. The van der Waals surface area contributed by atoms with Gasteiger partial charge in [-0.05, 0) is 0 Å². The average molecular weight is 584 g/mol. The molecular weight excluding hydrogens is 554 g/mol. The van der Waals surface area contributed by atoms with E-state index < -0.39 is 102 Å². The van der Waals surface area contributed by atoms with Crippen molar-refractivity contribution in [3.63, 3.8) is 0 Å². The normalized spacial score (nSPS) is 37.1. The van der Waals surface area contributed by atoms with Crippen molar-refractivity contribution < 1.29 is 82.0 Å². The molecule has 0 aromatic carbocycles. The van der Waals surface area contributed by atoms with E-state index in [1.807, 2.05) is 0 Å². The predicted octanol–water partition coefficient (Wildman–Crippen LogP) is -4.88. The molecule has 21 heteroatoms.